The second-order valence-corrected chi connectivity index (χ2v) is 5.70. The average Bonchev–Trinajstić information content (AvgIpc) is 2.67. The third-order valence-electron chi connectivity index (χ3n) is 3.83. The number of nitrogens with one attached hydrogen (secondary N) is 2. The summed E-state index contributed by atoms with van der Waals surface area (Å²) in [6.45, 7) is 1.06. The lowest BCUT2D eigenvalue weighted by molar-refractivity contribution is -0.120. The zero-order valence-corrected chi connectivity index (χ0v) is 15.1. The fourth-order valence-corrected chi connectivity index (χ4v) is 2.46. The highest BCUT2D eigenvalue weighted by Gasteiger charge is 2.06. The van der Waals surface area contributed by atoms with Gasteiger partial charge in [0.15, 0.2) is 0 Å². The summed E-state index contributed by atoms with van der Waals surface area (Å²) in [6.07, 6.45) is 1.10. The van der Waals surface area contributed by atoms with Crippen molar-refractivity contribution in [3.8, 4) is 5.75 Å². The summed E-state index contributed by atoms with van der Waals surface area (Å²) in [5.41, 5.74) is 2.36. The Kier molecular flexibility index (Phi) is 7.49. The fourth-order valence-electron chi connectivity index (χ4n) is 2.46. The van der Waals surface area contributed by atoms with Gasteiger partial charge >= 0.3 is 5.97 Å². The molecule has 2 aromatic rings. The van der Waals surface area contributed by atoms with Crippen LogP contribution in [-0.2, 0) is 16.0 Å². The van der Waals surface area contributed by atoms with Crippen LogP contribution in [0.25, 0.3) is 0 Å². The van der Waals surface area contributed by atoms with Crippen LogP contribution in [0.4, 0.5) is 5.69 Å². The van der Waals surface area contributed by atoms with Gasteiger partial charge in [0.2, 0.25) is 5.91 Å². The monoisotopic (exact) mass is 356 g/mol. The van der Waals surface area contributed by atoms with E-state index >= 15 is 0 Å². The molecular formula is C20H24N2O4. The summed E-state index contributed by atoms with van der Waals surface area (Å²) in [6, 6.07) is 14.8. The SMILES string of the molecule is COC(=O)c1cccc(NCCC(=O)NCCc2cccc(OC)c2)c1. The lowest BCUT2D eigenvalue weighted by Gasteiger charge is -2.09. The fraction of sp³-hybridized carbons (Fsp3) is 0.300. The van der Waals surface area contributed by atoms with Gasteiger partial charge in [-0.3, -0.25) is 4.79 Å². The van der Waals surface area contributed by atoms with E-state index in [1.165, 1.54) is 7.11 Å². The Morgan fingerprint density at radius 3 is 2.58 bits per heavy atom. The first-order valence-corrected chi connectivity index (χ1v) is 8.44. The highest BCUT2D eigenvalue weighted by atomic mass is 16.5. The van der Waals surface area contributed by atoms with Gasteiger partial charge in [0.1, 0.15) is 5.75 Å². The first kappa shape index (κ1) is 19.3. The van der Waals surface area contributed by atoms with E-state index in [1.807, 2.05) is 30.3 Å². The number of anilines is 1. The Balaban J connectivity index is 1.69. The number of ether oxygens (including phenoxy) is 2. The van der Waals surface area contributed by atoms with Crippen molar-refractivity contribution >= 4 is 17.6 Å². The molecule has 0 radical (unpaired) electrons. The number of methoxy groups -OCH3 is 2. The van der Waals surface area contributed by atoms with Gasteiger partial charge in [0.05, 0.1) is 19.8 Å². The lowest BCUT2D eigenvalue weighted by atomic mass is 10.1. The van der Waals surface area contributed by atoms with Gasteiger partial charge in [-0.1, -0.05) is 18.2 Å². The highest BCUT2D eigenvalue weighted by Crippen LogP contribution is 2.13. The summed E-state index contributed by atoms with van der Waals surface area (Å²) >= 11 is 0. The van der Waals surface area contributed by atoms with Crippen molar-refractivity contribution in [1.82, 2.24) is 5.32 Å². The van der Waals surface area contributed by atoms with E-state index < -0.39 is 0 Å². The van der Waals surface area contributed by atoms with E-state index in [4.69, 9.17) is 9.47 Å². The van der Waals surface area contributed by atoms with Crippen molar-refractivity contribution in [1.29, 1.82) is 0 Å². The van der Waals surface area contributed by atoms with Crippen LogP contribution < -0.4 is 15.4 Å². The number of amides is 1. The molecule has 6 heteroatoms. The molecule has 2 N–H and O–H groups in total. The molecule has 0 fully saturated rings. The van der Waals surface area contributed by atoms with Gasteiger partial charge in [-0.05, 0) is 42.3 Å². The van der Waals surface area contributed by atoms with E-state index in [1.54, 1.807) is 25.3 Å². The molecule has 2 rings (SSSR count). The van der Waals surface area contributed by atoms with E-state index in [0.717, 1.165) is 23.4 Å². The van der Waals surface area contributed by atoms with Crippen molar-refractivity contribution in [3.63, 3.8) is 0 Å². The zero-order valence-electron chi connectivity index (χ0n) is 15.1. The summed E-state index contributed by atoms with van der Waals surface area (Å²) < 4.78 is 9.87. The molecule has 1 amide bonds. The van der Waals surface area contributed by atoms with Crippen molar-refractivity contribution < 1.29 is 19.1 Å². The minimum atomic E-state index is -0.385. The van der Waals surface area contributed by atoms with Gasteiger partial charge < -0.3 is 20.1 Å². The predicted molar refractivity (Wildman–Crippen MR) is 101 cm³/mol. The number of rotatable bonds is 9. The number of hydrogen-bond acceptors (Lipinski definition) is 5. The normalized spacial score (nSPS) is 10.1. The van der Waals surface area contributed by atoms with Crippen molar-refractivity contribution in [2.24, 2.45) is 0 Å². The van der Waals surface area contributed by atoms with Gasteiger partial charge in [-0.15, -0.1) is 0 Å². The lowest BCUT2D eigenvalue weighted by Crippen LogP contribution is -2.27. The Morgan fingerprint density at radius 1 is 1.00 bits per heavy atom. The third kappa shape index (κ3) is 6.12. The van der Waals surface area contributed by atoms with Gasteiger partial charge in [-0.2, -0.15) is 0 Å². The van der Waals surface area contributed by atoms with E-state index in [0.29, 0.717) is 25.1 Å². The molecule has 0 aliphatic carbocycles. The minimum Gasteiger partial charge on any atom is -0.497 e. The van der Waals surface area contributed by atoms with E-state index in [9.17, 15) is 9.59 Å². The number of carbonyl (C=O) groups excluding carboxylic acids is 2. The van der Waals surface area contributed by atoms with Gasteiger partial charge in [0, 0.05) is 25.2 Å². The summed E-state index contributed by atoms with van der Waals surface area (Å²) in [5, 5.41) is 6.03. The average molecular weight is 356 g/mol. The molecule has 0 bridgehead atoms. The van der Waals surface area contributed by atoms with Gasteiger partial charge in [-0.25, -0.2) is 4.79 Å². The van der Waals surface area contributed by atoms with Crippen LogP contribution in [0.5, 0.6) is 5.75 Å². The van der Waals surface area contributed by atoms with Crippen molar-refractivity contribution in [2.45, 2.75) is 12.8 Å². The second-order valence-electron chi connectivity index (χ2n) is 5.70. The number of hydrogen-bond donors (Lipinski definition) is 2. The second kappa shape index (κ2) is 10.1. The Hall–Kier alpha value is -3.02. The summed E-state index contributed by atoms with van der Waals surface area (Å²) in [7, 11) is 2.98. The van der Waals surface area contributed by atoms with Crippen LogP contribution in [0, 0.1) is 0 Å². The molecule has 0 aliphatic heterocycles. The third-order valence-corrected chi connectivity index (χ3v) is 3.83. The molecule has 2 aromatic carbocycles. The van der Waals surface area contributed by atoms with Crippen molar-refractivity contribution in [2.75, 3.05) is 32.6 Å². The molecule has 26 heavy (non-hydrogen) atoms. The summed E-state index contributed by atoms with van der Waals surface area (Å²) in [5.74, 6) is 0.403. The first-order chi connectivity index (χ1) is 12.6. The van der Waals surface area contributed by atoms with Crippen LogP contribution in [-0.4, -0.2) is 39.2 Å². The molecule has 138 valence electrons. The first-order valence-electron chi connectivity index (χ1n) is 8.44. The largest absolute Gasteiger partial charge is 0.497 e. The molecule has 6 nitrogen and oxygen atoms in total. The minimum absolute atomic E-state index is 0.0236. The Bertz CT molecular complexity index is 746. The molecular weight excluding hydrogens is 332 g/mol. The molecule has 0 atom stereocenters. The maximum Gasteiger partial charge on any atom is 0.337 e. The quantitative estimate of drug-likeness (QED) is 0.676. The number of benzene rings is 2. The van der Waals surface area contributed by atoms with E-state index in [-0.39, 0.29) is 11.9 Å². The molecule has 0 saturated heterocycles. The van der Waals surface area contributed by atoms with Gasteiger partial charge in [0.25, 0.3) is 0 Å². The molecule has 0 aromatic heterocycles. The maximum atomic E-state index is 11.9. The van der Waals surface area contributed by atoms with Crippen LogP contribution >= 0.6 is 0 Å². The van der Waals surface area contributed by atoms with Crippen LogP contribution in [0.15, 0.2) is 48.5 Å². The highest BCUT2D eigenvalue weighted by molar-refractivity contribution is 5.90. The topological polar surface area (TPSA) is 76.7 Å². The maximum absolute atomic E-state index is 11.9. The molecule has 0 unspecified atom stereocenters. The number of carbonyl (C=O) groups is 2. The molecule has 0 saturated carbocycles. The zero-order chi connectivity index (χ0) is 18.8. The standard InChI is InChI=1S/C20H24N2O4/c1-25-18-8-3-5-15(13-18)9-11-22-19(23)10-12-21-17-7-4-6-16(14-17)20(24)26-2/h3-8,13-14,21H,9-12H2,1-2H3,(H,22,23). The number of esters is 1. The van der Waals surface area contributed by atoms with Crippen LogP contribution in [0.1, 0.15) is 22.3 Å². The van der Waals surface area contributed by atoms with Crippen molar-refractivity contribution in [3.05, 3.63) is 59.7 Å². The van der Waals surface area contributed by atoms with Crippen LogP contribution in [0.3, 0.4) is 0 Å². The molecule has 0 aliphatic rings. The predicted octanol–water partition coefficient (Wildman–Crippen LogP) is 2.64. The molecule has 0 heterocycles. The Morgan fingerprint density at radius 2 is 1.81 bits per heavy atom. The van der Waals surface area contributed by atoms with E-state index in [2.05, 4.69) is 10.6 Å². The molecule has 0 spiro atoms. The summed E-state index contributed by atoms with van der Waals surface area (Å²) in [4.78, 5) is 23.4. The Labute approximate surface area is 153 Å². The van der Waals surface area contributed by atoms with Crippen LogP contribution in [0.2, 0.25) is 0 Å². The smallest absolute Gasteiger partial charge is 0.337 e.